The minimum Gasteiger partial charge on any atom is -0.337 e. The van der Waals surface area contributed by atoms with Crippen LogP contribution in [0.5, 0.6) is 0 Å². The Balaban J connectivity index is 1.71. The molecule has 1 aliphatic rings. The molecule has 0 aliphatic carbocycles. The van der Waals surface area contributed by atoms with Gasteiger partial charge in [0.25, 0.3) is 5.91 Å². The Hall–Kier alpha value is -1.96. The SMILES string of the molecule is CN(Cc1ccccn1)S(=O)(=O)[C@@H]1CCCN(C(=O)c2cccc(Cl)c2)C1. The molecule has 2 aromatic rings. The molecule has 0 spiro atoms. The summed E-state index contributed by atoms with van der Waals surface area (Å²) in [5, 5.41) is -0.139. The van der Waals surface area contributed by atoms with Crippen molar-refractivity contribution in [3.63, 3.8) is 0 Å². The Kier molecular flexibility index (Phi) is 6.14. The van der Waals surface area contributed by atoms with Crippen molar-refractivity contribution in [1.29, 1.82) is 0 Å². The first-order chi connectivity index (χ1) is 12.9. The van der Waals surface area contributed by atoms with Crippen LogP contribution in [-0.4, -0.2) is 53.9 Å². The normalized spacial score (nSPS) is 17.9. The number of nitrogens with zero attached hydrogens (tertiary/aromatic N) is 3. The highest BCUT2D eigenvalue weighted by Gasteiger charge is 2.35. The summed E-state index contributed by atoms with van der Waals surface area (Å²) in [4.78, 5) is 18.5. The number of piperidine rings is 1. The predicted octanol–water partition coefficient (Wildman–Crippen LogP) is 2.80. The number of hydrogen-bond acceptors (Lipinski definition) is 4. The average Bonchev–Trinajstić information content (AvgIpc) is 2.68. The Morgan fingerprint density at radius 3 is 2.81 bits per heavy atom. The highest BCUT2D eigenvalue weighted by molar-refractivity contribution is 7.89. The van der Waals surface area contributed by atoms with Gasteiger partial charge in [0, 0.05) is 36.9 Å². The van der Waals surface area contributed by atoms with Crippen LogP contribution in [0.25, 0.3) is 0 Å². The second kappa shape index (κ2) is 8.37. The molecule has 0 radical (unpaired) electrons. The van der Waals surface area contributed by atoms with E-state index in [0.717, 1.165) is 0 Å². The minimum absolute atomic E-state index is 0.181. The quantitative estimate of drug-likeness (QED) is 0.764. The van der Waals surface area contributed by atoms with Crippen LogP contribution in [-0.2, 0) is 16.6 Å². The van der Waals surface area contributed by atoms with E-state index in [1.807, 2.05) is 6.07 Å². The fraction of sp³-hybridized carbons (Fsp3) is 0.368. The van der Waals surface area contributed by atoms with Gasteiger partial charge in [0.2, 0.25) is 10.0 Å². The molecule has 8 heteroatoms. The van der Waals surface area contributed by atoms with Gasteiger partial charge in [0.15, 0.2) is 0 Å². The van der Waals surface area contributed by atoms with E-state index in [1.54, 1.807) is 54.5 Å². The Bertz CT molecular complexity index is 905. The smallest absolute Gasteiger partial charge is 0.253 e. The first kappa shape index (κ1) is 19.8. The van der Waals surface area contributed by atoms with Gasteiger partial charge in [-0.25, -0.2) is 8.42 Å². The highest BCUT2D eigenvalue weighted by atomic mass is 35.5. The number of sulfonamides is 1. The number of aromatic nitrogens is 1. The van der Waals surface area contributed by atoms with Crippen LogP contribution in [0.2, 0.25) is 5.02 Å². The third-order valence-corrected chi connectivity index (χ3v) is 7.16. The molecule has 0 bridgehead atoms. The summed E-state index contributed by atoms with van der Waals surface area (Å²) in [5.74, 6) is -0.190. The predicted molar refractivity (Wildman–Crippen MR) is 105 cm³/mol. The Morgan fingerprint density at radius 2 is 2.11 bits per heavy atom. The lowest BCUT2D eigenvalue weighted by atomic mass is 10.1. The van der Waals surface area contributed by atoms with Gasteiger partial charge in [0.1, 0.15) is 0 Å². The van der Waals surface area contributed by atoms with Crippen LogP contribution in [0, 0.1) is 0 Å². The molecule has 0 N–H and O–H groups in total. The highest BCUT2D eigenvalue weighted by Crippen LogP contribution is 2.23. The molecule has 1 aromatic heterocycles. The number of likely N-dealkylation sites (tertiary alicyclic amines) is 1. The maximum absolute atomic E-state index is 13.0. The monoisotopic (exact) mass is 407 g/mol. The van der Waals surface area contributed by atoms with E-state index >= 15 is 0 Å². The lowest BCUT2D eigenvalue weighted by Gasteiger charge is -2.34. The fourth-order valence-corrected chi connectivity index (χ4v) is 5.08. The van der Waals surface area contributed by atoms with E-state index in [2.05, 4.69) is 4.98 Å². The summed E-state index contributed by atoms with van der Waals surface area (Å²) in [6.45, 7) is 0.934. The summed E-state index contributed by atoms with van der Waals surface area (Å²) >= 11 is 5.97. The maximum Gasteiger partial charge on any atom is 0.253 e. The molecule has 1 fully saturated rings. The lowest BCUT2D eigenvalue weighted by molar-refractivity contribution is 0.0725. The van der Waals surface area contributed by atoms with Gasteiger partial charge >= 0.3 is 0 Å². The summed E-state index contributed by atoms with van der Waals surface area (Å²) < 4.78 is 27.3. The van der Waals surface area contributed by atoms with Crippen LogP contribution < -0.4 is 0 Å². The van der Waals surface area contributed by atoms with E-state index in [1.165, 1.54) is 4.31 Å². The number of hydrogen-bond donors (Lipinski definition) is 0. The molecule has 1 amide bonds. The van der Waals surface area contributed by atoms with Crippen molar-refractivity contribution < 1.29 is 13.2 Å². The van der Waals surface area contributed by atoms with E-state index in [4.69, 9.17) is 11.6 Å². The summed E-state index contributed by atoms with van der Waals surface area (Å²) in [5.41, 5.74) is 1.16. The summed E-state index contributed by atoms with van der Waals surface area (Å²) in [6, 6.07) is 12.1. The molecular formula is C19H22ClN3O3S. The molecule has 6 nitrogen and oxygen atoms in total. The largest absolute Gasteiger partial charge is 0.337 e. The van der Waals surface area contributed by atoms with Crippen molar-refractivity contribution >= 4 is 27.5 Å². The molecule has 0 saturated carbocycles. The molecular weight excluding hydrogens is 386 g/mol. The van der Waals surface area contributed by atoms with Gasteiger partial charge in [-0.3, -0.25) is 9.78 Å². The van der Waals surface area contributed by atoms with Crippen LogP contribution in [0.15, 0.2) is 48.7 Å². The molecule has 1 aromatic carbocycles. The molecule has 3 rings (SSSR count). The second-order valence-corrected chi connectivity index (χ2v) is 9.40. The molecule has 1 aliphatic heterocycles. The molecule has 144 valence electrons. The van der Waals surface area contributed by atoms with Gasteiger partial charge in [-0.15, -0.1) is 0 Å². The zero-order valence-corrected chi connectivity index (χ0v) is 16.7. The lowest BCUT2D eigenvalue weighted by Crippen LogP contribution is -2.48. The summed E-state index contributed by atoms with van der Waals surface area (Å²) in [7, 11) is -1.99. The van der Waals surface area contributed by atoms with Crippen LogP contribution in [0.4, 0.5) is 0 Å². The second-order valence-electron chi connectivity index (χ2n) is 6.65. The van der Waals surface area contributed by atoms with Gasteiger partial charge < -0.3 is 4.90 Å². The number of halogens is 1. The van der Waals surface area contributed by atoms with Gasteiger partial charge in [-0.2, -0.15) is 4.31 Å². The van der Waals surface area contributed by atoms with Gasteiger partial charge in [-0.05, 0) is 43.2 Å². The number of carbonyl (C=O) groups excluding carboxylic acids is 1. The minimum atomic E-state index is -3.54. The van der Waals surface area contributed by atoms with Crippen molar-refractivity contribution in [3.8, 4) is 0 Å². The average molecular weight is 408 g/mol. The van der Waals surface area contributed by atoms with E-state index in [9.17, 15) is 13.2 Å². The van der Waals surface area contributed by atoms with Gasteiger partial charge in [0.05, 0.1) is 17.5 Å². The molecule has 1 saturated heterocycles. The Labute approximate surface area is 164 Å². The van der Waals surface area contributed by atoms with Crippen molar-refractivity contribution in [2.45, 2.75) is 24.6 Å². The first-order valence-corrected chi connectivity index (χ1v) is 10.7. The molecule has 0 unspecified atom stereocenters. The Morgan fingerprint density at radius 1 is 1.30 bits per heavy atom. The fourth-order valence-electron chi connectivity index (χ4n) is 3.23. The molecule has 2 heterocycles. The van der Waals surface area contributed by atoms with Crippen molar-refractivity contribution in [1.82, 2.24) is 14.2 Å². The van der Waals surface area contributed by atoms with E-state index < -0.39 is 15.3 Å². The van der Waals surface area contributed by atoms with Crippen LogP contribution in [0.1, 0.15) is 28.9 Å². The topological polar surface area (TPSA) is 70.6 Å². The van der Waals surface area contributed by atoms with Crippen LogP contribution >= 0.6 is 11.6 Å². The summed E-state index contributed by atoms with van der Waals surface area (Å²) in [6.07, 6.45) is 2.82. The van der Waals surface area contributed by atoms with Crippen molar-refractivity contribution in [2.24, 2.45) is 0 Å². The number of benzene rings is 1. The maximum atomic E-state index is 13.0. The zero-order chi connectivity index (χ0) is 19.4. The third-order valence-electron chi connectivity index (χ3n) is 4.70. The molecule has 1 atom stereocenters. The van der Waals surface area contributed by atoms with Gasteiger partial charge in [-0.1, -0.05) is 23.7 Å². The van der Waals surface area contributed by atoms with E-state index in [-0.39, 0.29) is 19.0 Å². The first-order valence-electron chi connectivity index (χ1n) is 8.78. The van der Waals surface area contributed by atoms with E-state index in [0.29, 0.717) is 35.7 Å². The number of amides is 1. The standard InChI is InChI=1S/C19H22ClN3O3S/c1-22(13-17-8-2-3-10-21-17)27(25,26)18-9-5-11-23(14-18)19(24)15-6-4-7-16(20)12-15/h2-4,6-8,10,12,18H,5,9,11,13-14H2,1H3/t18-/m1/s1. The number of rotatable bonds is 5. The van der Waals surface area contributed by atoms with Crippen molar-refractivity contribution in [3.05, 3.63) is 64.9 Å². The number of pyridine rings is 1. The molecule has 27 heavy (non-hydrogen) atoms. The third kappa shape index (κ3) is 4.66. The zero-order valence-electron chi connectivity index (χ0n) is 15.1. The van der Waals surface area contributed by atoms with Crippen LogP contribution in [0.3, 0.4) is 0 Å². The van der Waals surface area contributed by atoms with Crippen molar-refractivity contribution in [2.75, 3.05) is 20.1 Å². The number of carbonyl (C=O) groups is 1.